The molecule has 312 valence electrons. The first-order valence-electron chi connectivity index (χ1n) is 18.1. The van der Waals surface area contributed by atoms with Crippen molar-refractivity contribution in [2.24, 2.45) is 5.92 Å². The zero-order valence-electron chi connectivity index (χ0n) is 32.3. The van der Waals surface area contributed by atoms with E-state index in [-0.39, 0.29) is 47.0 Å². The summed E-state index contributed by atoms with van der Waals surface area (Å²) in [6.07, 6.45) is 2.30. The number of carboxylic acid groups (broad SMARTS) is 3. The van der Waals surface area contributed by atoms with Crippen molar-refractivity contribution in [1.82, 2.24) is 21.0 Å². The van der Waals surface area contributed by atoms with E-state index in [0.29, 0.717) is 30.6 Å². The predicted molar refractivity (Wildman–Crippen MR) is 202 cm³/mol. The van der Waals surface area contributed by atoms with E-state index in [1.807, 2.05) is 6.92 Å². The number of hydrogen-bond donors (Lipinski definition) is 6. The van der Waals surface area contributed by atoms with Gasteiger partial charge >= 0.3 is 23.9 Å². The van der Waals surface area contributed by atoms with E-state index < -0.39 is 72.6 Å². The minimum absolute atomic E-state index is 0.0747. The van der Waals surface area contributed by atoms with Gasteiger partial charge in [-0.2, -0.15) is 5.06 Å². The molecule has 0 aliphatic heterocycles. The van der Waals surface area contributed by atoms with Crippen molar-refractivity contribution in [3.8, 4) is 22.8 Å². The number of carbonyl (C=O) groups excluding carboxylic acids is 5. The highest BCUT2D eigenvalue weighted by molar-refractivity contribution is 6.00. The lowest BCUT2D eigenvalue weighted by molar-refractivity contribution is -0.171. The van der Waals surface area contributed by atoms with Gasteiger partial charge in [-0.1, -0.05) is 39.2 Å². The molecule has 3 atom stereocenters. The highest BCUT2D eigenvalue weighted by Crippen LogP contribution is 2.30. The Morgan fingerprint density at radius 2 is 1.60 bits per heavy atom. The molecule has 19 nitrogen and oxygen atoms in total. The monoisotopic (exact) mass is 810 g/mol. The molecular weight excluding hydrogens is 764 g/mol. The molecule has 0 radical (unpaired) electrons. The van der Waals surface area contributed by atoms with Crippen LogP contribution in [0.5, 0.6) is 11.5 Å². The van der Waals surface area contributed by atoms with Crippen molar-refractivity contribution in [2.75, 3.05) is 20.4 Å². The van der Waals surface area contributed by atoms with E-state index in [4.69, 9.17) is 28.9 Å². The minimum atomic E-state index is -1.79. The van der Waals surface area contributed by atoms with Crippen molar-refractivity contribution in [3.05, 3.63) is 71.0 Å². The number of carboxylic acids is 3. The lowest BCUT2D eigenvalue weighted by atomic mass is 9.90. The summed E-state index contributed by atoms with van der Waals surface area (Å²) < 4.78 is 16.1. The summed E-state index contributed by atoms with van der Waals surface area (Å²) in [5.41, 5.74) is 0.672. The fourth-order valence-electron chi connectivity index (χ4n) is 5.84. The highest BCUT2D eigenvalue weighted by Gasteiger charge is 2.34. The smallest absolute Gasteiger partial charge is 0.363 e. The Morgan fingerprint density at radius 1 is 0.879 bits per heavy atom. The Kier molecular flexibility index (Phi) is 17.2. The number of ether oxygens (including phenoxy) is 2. The van der Waals surface area contributed by atoms with Gasteiger partial charge in [-0.05, 0) is 67.8 Å². The number of amides is 4. The minimum Gasteiger partial charge on any atom is -0.497 e. The second-order valence-corrected chi connectivity index (χ2v) is 12.8. The van der Waals surface area contributed by atoms with Crippen molar-refractivity contribution >= 4 is 48.0 Å². The average molecular weight is 811 g/mol. The molecule has 4 amide bonds. The molecule has 19 heteroatoms. The molecule has 0 bridgehead atoms. The Balaban J connectivity index is 1.73. The van der Waals surface area contributed by atoms with E-state index >= 15 is 0 Å². The number of nitrogens with zero attached hydrogens (tertiary/aromatic N) is 1. The van der Waals surface area contributed by atoms with E-state index in [2.05, 4.69) is 16.0 Å². The van der Waals surface area contributed by atoms with E-state index in [9.17, 15) is 43.5 Å². The van der Waals surface area contributed by atoms with Gasteiger partial charge < -0.3 is 50.0 Å². The first kappa shape index (κ1) is 45.5. The van der Waals surface area contributed by atoms with Gasteiger partial charge in [0, 0.05) is 5.56 Å². The van der Waals surface area contributed by atoms with Crippen LogP contribution in [-0.4, -0.2) is 101 Å². The van der Waals surface area contributed by atoms with Crippen molar-refractivity contribution in [3.63, 3.8) is 0 Å². The Labute approximate surface area is 332 Å². The number of rotatable bonds is 24. The third-order valence-electron chi connectivity index (χ3n) is 8.80. The van der Waals surface area contributed by atoms with Gasteiger partial charge in [-0.15, -0.1) is 0 Å². The van der Waals surface area contributed by atoms with Crippen molar-refractivity contribution < 1.29 is 72.4 Å². The molecule has 3 rings (SSSR count). The third-order valence-corrected chi connectivity index (χ3v) is 8.80. The molecule has 58 heavy (non-hydrogen) atoms. The number of hydroxylamine groups is 2. The SMILES string of the molecule is CCCCC[C@@H](C(=O)NCNC(=O)c1ccc(-c2ccc(C(=O)N[C@@H](CC(=O)O)C(=O)O)c(OCC(=O)O)c2)o1)[C@@H](CC)N(C=O)OC(=O)c1ccc(OC)cc1C. The zero-order valence-corrected chi connectivity index (χ0v) is 32.3. The molecule has 0 spiro atoms. The lowest BCUT2D eigenvalue weighted by Gasteiger charge is -2.32. The van der Waals surface area contributed by atoms with E-state index in [0.717, 1.165) is 17.9 Å². The van der Waals surface area contributed by atoms with Crippen LogP contribution in [0, 0.1) is 12.8 Å². The molecule has 2 aromatic carbocycles. The zero-order chi connectivity index (χ0) is 42.9. The number of hydrogen-bond acceptors (Lipinski definition) is 12. The number of carbonyl (C=O) groups is 8. The number of methoxy groups -OCH3 is 1. The van der Waals surface area contributed by atoms with Crippen LogP contribution in [0.4, 0.5) is 0 Å². The number of unbranched alkanes of at least 4 members (excludes halogenated alkanes) is 2. The van der Waals surface area contributed by atoms with Crippen LogP contribution >= 0.6 is 0 Å². The molecule has 0 saturated heterocycles. The van der Waals surface area contributed by atoms with Crippen LogP contribution in [0.3, 0.4) is 0 Å². The molecule has 0 unspecified atom stereocenters. The second-order valence-electron chi connectivity index (χ2n) is 12.8. The van der Waals surface area contributed by atoms with E-state index in [1.165, 1.54) is 43.5 Å². The topological polar surface area (TPSA) is 277 Å². The van der Waals surface area contributed by atoms with Gasteiger partial charge in [0.05, 0.1) is 43.3 Å². The van der Waals surface area contributed by atoms with Gasteiger partial charge in [0.15, 0.2) is 12.4 Å². The maximum atomic E-state index is 13.6. The van der Waals surface area contributed by atoms with Crippen LogP contribution < -0.4 is 25.4 Å². The summed E-state index contributed by atoms with van der Waals surface area (Å²) in [6, 6.07) is 8.54. The second kappa shape index (κ2) is 22.0. The quantitative estimate of drug-likeness (QED) is 0.0327. The molecule has 1 heterocycles. The molecule has 0 fully saturated rings. The lowest BCUT2D eigenvalue weighted by Crippen LogP contribution is -2.49. The van der Waals surface area contributed by atoms with Crippen LogP contribution in [-0.2, 0) is 28.8 Å². The number of aliphatic carboxylic acids is 3. The predicted octanol–water partition coefficient (Wildman–Crippen LogP) is 3.39. The number of nitrogens with one attached hydrogen (secondary N) is 3. The summed E-state index contributed by atoms with van der Waals surface area (Å²) in [7, 11) is 1.49. The summed E-state index contributed by atoms with van der Waals surface area (Å²) in [5.74, 6) is -8.31. The summed E-state index contributed by atoms with van der Waals surface area (Å²) >= 11 is 0. The average Bonchev–Trinajstić information content (AvgIpc) is 3.69. The molecule has 0 aliphatic carbocycles. The maximum Gasteiger partial charge on any atom is 0.363 e. The maximum absolute atomic E-state index is 13.6. The highest BCUT2D eigenvalue weighted by atomic mass is 16.7. The van der Waals surface area contributed by atoms with Gasteiger partial charge in [0.2, 0.25) is 12.3 Å². The number of furan rings is 1. The summed E-state index contributed by atoms with van der Waals surface area (Å²) in [4.78, 5) is 104. The molecule has 6 N–H and O–H groups in total. The van der Waals surface area contributed by atoms with Gasteiger partial charge in [0.1, 0.15) is 23.3 Å². The molecule has 1 aromatic heterocycles. The Hall–Kier alpha value is -6.92. The fourth-order valence-corrected chi connectivity index (χ4v) is 5.84. The van der Waals surface area contributed by atoms with Crippen molar-refractivity contribution in [2.45, 2.75) is 71.4 Å². The number of aryl methyl sites for hydroxylation is 1. The third kappa shape index (κ3) is 12.8. The molecular formula is C39H46N4O15. The Morgan fingerprint density at radius 3 is 2.21 bits per heavy atom. The summed E-state index contributed by atoms with van der Waals surface area (Å²) in [6.45, 7) is 4.18. The summed E-state index contributed by atoms with van der Waals surface area (Å²) in [5, 5.41) is 35.5. The first-order valence-corrected chi connectivity index (χ1v) is 18.1. The fraction of sp³-hybridized carbons (Fsp3) is 0.385. The van der Waals surface area contributed by atoms with Crippen LogP contribution in [0.2, 0.25) is 0 Å². The largest absolute Gasteiger partial charge is 0.497 e. The van der Waals surface area contributed by atoms with Crippen LogP contribution in [0.25, 0.3) is 11.3 Å². The standard InChI is InChI=1S/C39H46N4O15/c1-5-7-8-9-26(29(6-2)43(21-44)58-39(54)25-13-11-24(55-4)16-22(25)3)35(49)40-20-41-37(51)31-15-14-30(57-31)23-10-12-27(32(17-23)56-19-34(47)48)36(50)42-28(38(52)53)18-33(45)46/h10-17,21,26,28-29H,5-9,18-20H2,1-4H3,(H,40,49)(H,41,51)(H,42,50)(H,45,46)(H,47,48)(H,52,53)/t26-,28+,29-/m1/s1. The van der Waals surface area contributed by atoms with Crippen LogP contribution in [0.15, 0.2) is 52.9 Å². The first-order chi connectivity index (χ1) is 27.6. The van der Waals surface area contributed by atoms with Gasteiger partial charge in [-0.3, -0.25) is 24.0 Å². The number of benzene rings is 2. The van der Waals surface area contributed by atoms with Crippen molar-refractivity contribution in [1.29, 1.82) is 0 Å². The molecule has 0 saturated carbocycles. The van der Waals surface area contributed by atoms with Crippen LogP contribution in [0.1, 0.15) is 89.2 Å². The van der Waals surface area contributed by atoms with Gasteiger partial charge in [0.25, 0.3) is 11.8 Å². The Bertz CT molecular complexity index is 1980. The molecule has 0 aliphatic rings. The van der Waals surface area contributed by atoms with Gasteiger partial charge in [-0.25, -0.2) is 14.4 Å². The molecule has 3 aromatic rings. The van der Waals surface area contributed by atoms with E-state index in [1.54, 1.807) is 26.0 Å². The normalized spacial score (nSPS) is 12.2.